The fraction of sp³-hybridized carbons (Fsp3) is 0.478. The first-order chi connectivity index (χ1) is 14.8. The van der Waals surface area contributed by atoms with E-state index in [0.717, 1.165) is 49.9 Å². The van der Waals surface area contributed by atoms with E-state index in [-0.39, 0.29) is 0 Å². The highest BCUT2D eigenvalue weighted by Crippen LogP contribution is 2.24. The van der Waals surface area contributed by atoms with Crippen LogP contribution in [0.5, 0.6) is 0 Å². The van der Waals surface area contributed by atoms with Gasteiger partial charge in [0.2, 0.25) is 5.95 Å². The molecule has 0 spiro atoms. The van der Waals surface area contributed by atoms with Crippen LogP contribution in [-0.4, -0.2) is 49.8 Å². The van der Waals surface area contributed by atoms with Gasteiger partial charge in [0.25, 0.3) is 0 Å². The van der Waals surface area contributed by atoms with E-state index in [1.807, 2.05) is 13.0 Å². The van der Waals surface area contributed by atoms with E-state index in [9.17, 15) is 8.42 Å². The van der Waals surface area contributed by atoms with E-state index < -0.39 is 9.84 Å². The average Bonchev–Trinajstić information content (AvgIpc) is 3.10. The van der Waals surface area contributed by atoms with Crippen molar-refractivity contribution >= 4 is 38.0 Å². The molecule has 6 nitrogen and oxygen atoms in total. The van der Waals surface area contributed by atoms with Gasteiger partial charge in [0.1, 0.15) is 0 Å². The smallest absolute Gasteiger partial charge is 0.226 e. The van der Waals surface area contributed by atoms with Gasteiger partial charge in [0, 0.05) is 36.8 Å². The molecule has 0 bridgehead atoms. The van der Waals surface area contributed by atoms with Crippen molar-refractivity contribution in [2.24, 2.45) is 0 Å². The van der Waals surface area contributed by atoms with Crippen molar-refractivity contribution in [3.05, 3.63) is 46.3 Å². The molecule has 3 heterocycles. The molecule has 1 aliphatic rings. The van der Waals surface area contributed by atoms with Crippen LogP contribution >= 0.6 is 11.3 Å². The summed E-state index contributed by atoms with van der Waals surface area (Å²) in [7, 11) is -3.27. The summed E-state index contributed by atoms with van der Waals surface area (Å²) in [6.45, 7) is 6.02. The number of hydrogen-bond acceptors (Lipinski definition) is 7. The summed E-state index contributed by atoms with van der Waals surface area (Å²) in [5.74, 6) is 0.697. The number of nitrogens with one attached hydrogen (secondary N) is 1. The molecular weight excluding hydrogens is 428 g/mol. The van der Waals surface area contributed by atoms with Crippen molar-refractivity contribution in [2.75, 3.05) is 24.2 Å². The maximum atomic E-state index is 12.0. The Balaban J connectivity index is 1.47. The molecule has 0 amide bonds. The van der Waals surface area contributed by atoms with E-state index in [1.165, 1.54) is 11.8 Å². The molecule has 1 aliphatic heterocycles. The van der Waals surface area contributed by atoms with Crippen molar-refractivity contribution in [1.82, 2.24) is 15.3 Å². The van der Waals surface area contributed by atoms with Gasteiger partial charge in [-0.2, -0.15) is 11.3 Å². The molecule has 8 heteroatoms. The minimum atomic E-state index is -3.27. The molecule has 1 saturated heterocycles. The number of rotatable bonds is 6. The van der Waals surface area contributed by atoms with Crippen molar-refractivity contribution in [3.8, 4) is 0 Å². The van der Waals surface area contributed by atoms with Gasteiger partial charge in [-0.3, -0.25) is 0 Å². The summed E-state index contributed by atoms with van der Waals surface area (Å²) >= 11 is 1.75. The average molecular weight is 459 g/mol. The summed E-state index contributed by atoms with van der Waals surface area (Å²) in [6, 6.07) is 8.23. The zero-order valence-electron chi connectivity index (χ0n) is 18.3. The van der Waals surface area contributed by atoms with Crippen LogP contribution in [0.3, 0.4) is 0 Å². The highest BCUT2D eigenvalue weighted by Gasteiger charge is 2.21. The molecular formula is C23H30N4O2S2. The van der Waals surface area contributed by atoms with Gasteiger partial charge in [-0.05, 0) is 80.1 Å². The fourth-order valence-corrected chi connectivity index (χ4v) is 5.63. The van der Waals surface area contributed by atoms with Crippen LogP contribution in [0.15, 0.2) is 39.9 Å². The quantitative estimate of drug-likeness (QED) is 0.602. The number of sulfone groups is 1. The second kappa shape index (κ2) is 9.22. The highest BCUT2D eigenvalue weighted by molar-refractivity contribution is 7.90. The minimum Gasteiger partial charge on any atom is -0.341 e. The molecule has 3 aromatic rings. The van der Waals surface area contributed by atoms with Crippen molar-refractivity contribution in [2.45, 2.75) is 56.5 Å². The van der Waals surface area contributed by atoms with E-state index in [1.54, 1.807) is 23.5 Å². The summed E-state index contributed by atoms with van der Waals surface area (Å²) in [5.41, 5.74) is 2.96. The Kier molecular flexibility index (Phi) is 6.60. The Morgan fingerprint density at radius 2 is 2.06 bits per heavy atom. The zero-order valence-corrected chi connectivity index (χ0v) is 20.0. The van der Waals surface area contributed by atoms with Crippen molar-refractivity contribution in [1.29, 1.82) is 0 Å². The fourth-order valence-electron chi connectivity index (χ4n) is 4.31. The molecule has 1 N–H and O–H groups in total. The Hall–Kier alpha value is -2.03. The van der Waals surface area contributed by atoms with Crippen molar-refractivity contribution in [3.63, 3.8) is 0 Å². The highest BCUT2D eigenvalue weighted by atomic mass is 32.2. The number of hydrogen-bond donors (Lipinski definition) is 1. The Labute approximate surface area is 188 Å². The van der Waals surface area contributed by atoms with E-state index in [4.69, 9.17) is 9.97 Å². The van der Waals surface area contributed by atoms with Gasteiger partial charge in [0.15, 0.2) is 9.84 Å². The monoisotopic (exact) mass is 458 g/mol. The number of nitrogens with zero attached hydrogens (tertiary/aromatic N) is 3. The molecule has 0 saturated carbocycles. The second-order valence-corrected chi connectivity index (χ2v) is 11.4. The van der Waals surface area contributed by atoms with E-state index in [2.05, 4.69) is 34.0 Å². The van der Waals surface area contributed by atoms with Gasteiger partial charge in [-0.1, -0.05) is 0 Å². The first kappa shape index (κ1) is 22.2. The predicted molar refractivity (Wildman–Crippen MR) is 128 cm³/mol. The molecule has 0 aliphatic carbocycles. The van der Waals surface area contributed by atoms with Gasteiger partial charge in [-0.15, -0.1) is 0 Å². The van der Waals surface area contributed by atoms with Gasteiger partial charge >= 0.3 is 0 Å². The van der Waals surface area contributed by atoms with Crippen LogP contribution in [0.2, 0.25) is 0 Å². The van der Waals surface area contributed by atoms with Gasteiger partial charge in [0.05, 0.1) is 16.1 Å². The number of anilines is 1. The van der Waals surface area contributed by atoms with Crippen LogP contribution in [0.4, 0.5) is 5.95 Å². The largest absolute Gasteiger partial charge is 0.341 e. The topological polar surface area (TPSA) is 75.2 Å². The summed E-state index contributed by atoms with van der Waals surface area (Å²) in [4.78, 5) is 12.0. The van der Waals surface area contributed by atoms with Gasteiger partial charge < -0.3 is 10.2 Å². The molecule has 2 aromatic heterocycles. The predicted octanol–water partition coefficient (Wildman–Crippen LogP) is 3.98. The molecule has 166 valence electrons. The van der Waals surface area contributed by atoms with E-state index in [0.29, 0.717) is 28.4 Å². The first-order valence-corrected chi connectivity index (χ1v) is 13.6. The summed E-state index contributed by atoms with van der Waals surface area (Å²) in [5, 5.41) is 9.06. The number of benzene rings is 1. The number of fused-ring (bicyclic) bond motifs is 1. The van der Waals surface area contributed by atoms with Crippen LogP contribution < -0.4 is 10.2 Å². The SMILES string of the molecule is Cc1nc(N2CCCC(NC(C)Cc3ccsc3)CC2)nc2cc(S(C)(=O)=O)ccc12. The third kappa shape index (κ3) is 5.42. The maximum absolute atomic E-state index is 12.0. The molecule has 1 fully saturated rings. The Morgan fingerprint density at radius 3 is 2.81 bits per heavy atom. The first-order valence-electron chi connectivity index (χ1n) is 10.8. The summed E-state index contributed by atoms with van der Waals surface area (Å²) < 4.78 is 23.9. The third-order valence-corrected chi connectivity index (χ3v) is 7.77. The second-order valence-electron chi connectivity index (χ2n) is 8.58. The molecule has 4 rings (SSSR count). The lowest BCUT2D eigenvalue weighted by Gasteiger charge is -2.23. The van der Waals surface area contributed by atoms with Crippen molar-refractivity contribution < 1.29 is 8.42 Å². The zero-order chi connectivity index (χ0) is 22.0. The molecule has 2 unspecified atom stereocenters. The van der Waals surface area contributed by atoms with Gasteiger partial charge in [-0.25, -0.2) is 18.4 Å². The van der Waals surface area contributed by atoms with Crippen LogP contribution in [0.25, 0.3) is 10.9 Å². The minimum absolute atomic E-state index is 0.295. The lowest BCUT2D eigenvalue weighted by Crippen LogP contribution is -2.38. The Morgan fingerprint density at radius 1 is 1.23 bits per heavy atom. The standard InChI is InChI=1S/C23H30N4O2S2/c1-16(13-18-9-12-30-15-18)24-19-5-4-10-27(11-8-19)23-25-17(2)21-7-6-20(31(3,28)29)14-22(21)26-23/h6-7,9,12,14-16,19,24H,4-5,8,10-11,13H2,1-3H3. The molecule has 1 aromatic carbocycles. The third-order valence-electron chi connectivity index (χ3n) is 5.93. The van der Waals surface area contributed by atoms with Crippen LogP contribution in [-0.2, 0) is 16.3 Å². The lowest BCUT2D eigenvalue weighted by atomic mass is 10.1. The number of aryl methyl sites for hydroxylation is 1. The van der Waals surface area contributed by atoms with Crippen LogP contribution in [0.1, 0.15) is 37.4 Å². The number of thiophene rings is 1. The normalized spacial score (nSPS) is 18.8. The Bertz CT molecular complexity index is 1150. The van der Waals surface area contributed by atoms with Crippen LogP contribution in [0, 0.1) is 6.92 Å². The molecule has 0 radical (unpaired) electrons. The van der Waals surface area contributed by atoms with E-state index >= 15 is 0 Å². The summed E-state index contributed by atoms with van der Waals surface area (Å²) in [6.07, 6.45) is 5.53. The maximum Gasteiger partial charge on any atom is 0.226 e. The number of aromatic nitrogens is 2. The molecule has 2 atom stereocenters. The molecule has 31 heavy (non-hydrogen) atoms. The lowest BCUT2D eigenvalue weighted by molar-refractivity contribution is 0.413.